The molecule has 0 rings (SSSR count). The minimum absolute atomic E-state index is 0.0228. The molecule has 2 atom stereocenters. The SMILES string of the molecule is CCOC(=O)C(N)C(=O)NC(C)CCN(C)C. The van der Waals surface area contributed by atoms with Crippen LogP contribution in [0.5, 0.6) is 0 Å². The van der Waals surface area contributed by atoms with Crippen LogP contribution < -0.4 is 11.1 Å². The van der Waals surface area contributed by atoms with Crippen LogP contribution in [0.2, 0.25) is 0 Å². The highest BCUT2D eigenvalue weighted by atomic mass is 16.5. The topological polar surface area (TPSA) is 84.7 Å². The summed E-state index contributed by atoms with van der Waals surface area (Å²) in [4.78, 5) is 24.8. The number of esters is 1. The number of ether oxygens (including phenoxy) is 1. The lowest BCUT2D eigenvalue weighted by Gasteiger charge is -2.18. The van der Waals surface area contributed by atoms with Crippen LogP contribution >= 0.6 is 0 Å². The summed E-state index contributed by atoms with van der Waals surface area (Å²) < 4.78 is 4.67. The Morgan fingerprint density at radius 3 is 2.47 bits per heavy atom. The summed E-state index contributed by atoms with van der Waals surface area (Å²) >= 11 is 0. The van der Waals surface area contributed by atoms with E-state index in [0.29, 0.717) is 0 Å². The fourth-order valence-corrected chi connectivity index (χ4v) is 1.20. The molecule has 17 heavy (non-hydrogen) atoms. The quantitative estimate of drug-likeness (QED) is 0.459. The number of hydrogen-bond donors (Lipinski definition) is 2. The fraction of sp³-hybridized carbons (Fsp3) is 0.818. The molecule has 0 aromatic rings. The average molecular weight is 245 g/mol. The highest BCUT2D eigenvalue weighted by molar-refractivity contribution is 6.01. The molecule has 3 N–H and O–H groups in total. The van der Waals surface area contributed by atoms with Gasteiger partial charge in [-0.05, 0) is 40.9 Å². The first-order valence-electron chi connectivity index (χ1n) is 5.75. The lowest BCUT2D eigenvalue weighted by atomic mass is 10.2. The average Bonchev–Trinajstić information content (AvgIpc) is 2.25. The first kappa shape index (κ1) is 15.9. The minimum atomic E-state index is -1.24. The van der Waals surface area contributed by atoms with Gasteiger partial charge in [-0.1, -0.05) is 0 Å². The third-order valence-corrected chi connectivity index (χ3v) is 2.22. The molecule has 0 aromatic carbocycles. The zero-order valence-corrected chi connectivity index (χ0v) is 11.0. The van der Waals surface area contributed by atoms with Crippen molar-refractivity contribution in [1.29, 1.82) is 0 Å². The maximum atomic E-state index is 11.6. The maximum Gasteiger partial charge on any atom is 0.332 e. The molecule has 1 amide bonds. The second-order valence-corrected chi connectivity index (χ2v) is 4.23. The molecule has 0 radical (unpaired) electrons. The van der Waals surface area contributed by atoms with Crippen LogP contribution in [0, 0.1) is 0 Å². The number of nitrogens with two attached hydrogens (primary N) is 1. The van der Waals surface area contributed by atoms with Crippen molar-refractivity contribution in [2.45, 2.75) is 32.4 Å². The van der Waals surface area contributed by atoms with Crippen LogP contribution in [0.4, 0.5) is 0 Å². The molecule has 0 aliphatic rings. The number of nitrogens with zero attached hydrogens (tertiary/aromatic N) is 1. The van der Waals surface area contributed by atoms with Gasteiger partial charge in [-0.3, -0.25) is 4.79 Å². The van der Waals surface area contributed by atoms with E-state index in [-0.39, 0.29) is 12.6 Å². The standard InChI is InChI=1S/C11H23N3O3/c1-5-17-11(16)9(12)10(15)13-8(2)6-7-14(3)4/h8-9H,5-7,12H2,1-4H3,(H,13,15). The number of amides is 1. The molecule has 0 aromatic heterocycles. The van der Waals surface area contributed by atoms with Gasteiger partial charge in [0, 0.05) is 6.04 Å². The van der Waals surface area contributed by atoms with Gasteiger partial charge in [0.15, 0.2) is 6.04 Å². The molecule has 0 spiro atoms. The lowest BCUT2D eigenvalue weighted by molar-refractivity contribution is -0.148. The molecule has 6 nitrogen and oxygen atoms in total. The summed E-state index contributed by atoms with van der Waals surface area (Å²) in [6.45, 7) is 4.62. The Bertz CT molecular complexity index is 256. The van der Waals surface area contributed by atoms with E-state index in [1.807, 2.05) is 25.9 Å². The molecular weight excluding hydrogens is 222 g/mol. The Labute approximate surface area is 102 Å². The highest BCUT2D eigenvalue weighted by Gasteiger charge is 2.24. The Morgan fingerprint density at radius 2 is 2.00 bits per heavy atom. The van der Waals surface area contributed by atoms with Gasteiger partial charge >= 0.3 is 5.97 Å². The predicted octanol–water partition coefficient (Wildman–Crippen LogP) is -0.667. The van der Waals surface area contributed by atoms with Gasteiger partial charge in [0.05, 0.1) is 6.61 Å². The largest absolute Gasteiger partial charge is 0.464 e. The summed E-state index contributed by atoms with van der Waals surface area (Å²) in [5.41, 5.74) is 5.45. The molecule has 0 aliphatic heterocycles. The number of rotatable bonds is 7. The molecular formula is C11H23N3O3. The van der Waals surface area contributed by atoms with E-state index in [9.17, 15) is 9.59 Å². The van der Waals surface area contributed by atoms with Crippen molar-refractivity contribution in [2.24, 2.45) is 5.73 Å². The van der Waals surface area contributed by atoms with Crippen molar-refractivity contribution in [3.05, 3.63) is 0 Å². The first-order chi connectivity index (χ1) is 7.88. The van der Waals surface area contributed by atoms with E-state index in [4.69, 9.17) is 5.73 Å². The van der Waals surface area contributed by atoms with Gasteiger partial charge in [0.25, 0.3) is 0 Å². The van der Waals surface area contributed by atoms with Crippen LogP contribution in [0.25, 0.3) is 0 Å². The number of carbonyl (C=O) groups excluding carboxylic acids is 2. The van der Waals surface area contributed by atoms with Gasteiger partial charge in [-0.15, -0.1) is 0 Å². The van der Waals surface area contributed by atoms with Crippen molar-refractivity contribution in [3.8, 4) is 0 Å². The zero-order chi connectivity index (χ0) is 13.4. The van der Waals surface area contributed by atoms with E-state index in [0.717, 1.165) is 13.0 Å². The maximum absolute atomic E-state index is 11.6. The van der Waals surface area contributed by atoms with Crippen molar-refractivity contribution < 1.29 is 14.3 Å². The Kier molecular flexibility index (Phi) is 7.49. The number of carbonyl (C=O) groups is 2. The highest BCUT2D eigenvalue weighted by Crippen LogP contribution is 1.94. The smallest absolute Gasteiger partial charge is 0.332 e. The predicted molar refractivity (Wildman–Crippen MR) is 65.4 cm³/mol. The lowest BCUT2D eigenvalue weighted by Crippen LogP contribution is -2.49. The van der Waals surface area contributed by atoms with Gasteiger partial charge in [0.2, 0.25) is 5.91 Å². The molecule has 0 heterocycles. The molecule has 0 saturated heterocycles. The van der Waals surface area contributed by atoms with Crippen LogP contribution in [-0.4, -0.2) is 56.1 Å². The monoisotopic (exact) mass is 245 g/mol. The number of nitrogens with one attached hydrogen (secondary N) is 1. The summed E-state index contributed by atoms with van der Waals surface area (Å²) in [5, 5.41) is 2.68. The van der Waals surface area contributed by atoms with Crippen LogP contribution in [0.1, 0.15) is 20.3 Å². The molecule has 0 saturated carbocycles. The van der Waals surface area contributed by atoms with E-state index in [2.05, 4.69) is 10.1 Å². The van der Waals surface area contributed by atoms with Crippen LogP contribution in [0.15, 0.2) is 0 Å². The van der Waals surface area contributed by atoms with Gasteiger partial charge < -0.3 is 20.7 Å². The molecule has 6 heteroatoms. The Morgan fingerprint density at radius 1 is 1.41 bits per heavy atom. The van der Waals surface area contributed by atoms with Crippen molar-refractivity contribution >= 4 is 11.9 Å². The van der Waals surface area contributed by atoms with E-state index >= 15 is 0 Å². The van der Waals surface area contributed by atoms with Gasteiger partial charge in [-0.25, -0.2) is 4.79 Å². The van der Waals surface area contributed by atoms with E-state index in [1.54, 1.807) is 6.92 Å². The fourth-order valence-electron chi connectivity index (χ4n) is 1.20. The number of hydrogen-bond acceptors (Lipinski definition) is 5. The first-order valence-corrected chi connectivity index (χ1v) is 5.75. The Balaban J connectivity index is 4.02. The second-order valence-electron chi connectivity index (χ2n) is 4.23. The van der Waals surface area contributed by atoms with Crippen molar-refractivity contribution in [3.63, 3.8) is 0 Å². The van der Waals surface area contributed by atoms with Crippen molar-refractivity contribution in [1.82, 2.24) is 10.2 Å². The molecule has 0 aliphatic carbocycles. The summed E-state index contributed by atoms with van der Waals surface area (Å²) in [7, 11) is 3.91. The normalized spacial score (nSPS) is 14.2. The third-order valence-electron chi connectivity index (χ3n) is 2.22. The molecule has 2 unspecified atom stereocenters. The van der Waals surface area contributed by atoms with Crippen LogP contribution in [-0.2, 0) is 14.3 Å². The summed E-state index contributed by atoms with van der Waals surface area (Å²) in [6.07, 6.45) is 0.800. The second kappa shape index (κ2) is 8.03. The molecule has 0 bridgehead atoms. The van der Waals surface area contributed by atoms with Gasteiger partial charge in [0.1, 0.15) is 0 Å². The van der Waals surface area contributed by atoms with Gasteiger partial charge in [-0.2, -0.15) is 0 Å². The Hall–Kier alpha value is -1.14. The molecule has 100 valence electrons. The summed E-state index contributed by atoms with van der Waals surface area (Å²) in [6, 6.07) is -1.26. The molecule has 0 fully saturated rings. The minimum Gasteiger partial charge on any atom is -0.464 e. The summed E-state index contributed by atoms with van der Waals surface area (Å²) in [5.74, 6) is -1.18. The van der Waals surface area contributed by atoms with Crippen molar-refractivity contribution in [2.75, 3.05) is 27.2 Å². The van der Waals surface area contributed by atoms with E-state index in [1.165, 1.54) is 0 Å². The van der Waals surface area contributed by atoms with E-state index < -0.39 is 17.9 Å². The zero-order valence-electron chi connectivity index (χ0n) is 11.0. The van der Waals surface area contributed by atoms with Crippen LogP contribution in [0.3, 0.4) is 0 Å². The third kappa shape index (κ3) is 6.91.